The maximum atomic E-state index is 12.2. The highest BCUT2D eigenvalue weighted by atomic mass is 16.5. The molecule has 1 amide bonds. The Labute approximate surface area is 149 Å². The first-order valence-electron chi connectivity index (χ1n) is 7.78. The Kier molecular flexibility index (Phi) is 5.19. The third-order valence-corrected chi connectivity index (χ3v) is 3.63. The molecule has 3 rings (SSSR count). The molecule has 0 unspecified atom stereocenters. The number of benzene rings is 1. The second kappa shape index (κ2) is 7.89. The van der Waals surface area contributed by atoms with Crippen molar-refractivity contribution < 1.29 is 14.3 Å². The summed E-state index contributed by atoms with van der Waals surface area (Å²) in [7, 11) is 1.31. The quantitative estimate of drug-likeness (QED) is 0.546. The smallest absolute Gasteiger partial charge is 0.337 e. The average Bonchev–Trinajstić information content (AvgIpc) is 3.21. The van der Waals surface area contributed by atoms with Crippen molar-refractivity contribution in [3.63, 3.8) is 0 Å². The van der Waals surface area contributed by atoms with Crippen molar-refractivity contribution in [2.45, 2.75) is 0 Å². The molecule has 0 bridgehead atoms. The molecule has 2 N–H and O–H groups in total. The second-order valence-electron chi connectivity index (χ2n) is 5.34. The zero-order valence-corrected chi connectivity index (χ0v) is 14.0. The highest BCUT2D eigenvalue weighted by Gasteiger charge is 2.07. The molecule has 2 aromatic heterocycles. The molecule has 0 spiro atoms. The van der Waals surface area contributed by atoms with Crippen molar-refractivity contribution in [2.24, 2.45) is 0 Å². The van der Waals surface area contributed by atoms with Gasteiger partial charge in [0.25, 0.3) is 0 Å². The number of hydrogen-bond donors (Lipinski definition) is 2. The number of aromatic amines is 1. The van der Waals surface area contributed by atoms with Crippen molar-refractivity contribution in [3.05, 3.63) is 72.3 Å². The van der Waals surface area contributed by atoms with Gasteiger partial charge in [0, 0.05) is 41.5 Å². The van der Waals surface area contributed by atoms with E-state index in [4.69, 9.17) is 0 Å². The van der Waals surface area contributed by atoms with E-state index >= 15 is 0 Å². The summed E-state index contributed by atoms with van der Waals surface area (Å²) < 4.78 is 4.67. The Balaban J connectivity index is 1.74. The number of nitrogens with zero attached hydrogens (tertiary/aromatic N) is 2. The molecule has 0 fully saturated rings. The molecule has 7 heteroatoms. The summed E-state index contributed by atoms with van der Waals surface area (Å²) >= 11 is 0. The Morgan fingerprint density at radius 2 is 2.12 bits per heavy atom. The Morgan fingerprint density at radius 1 is 1.23 bits per heavy atom. The lowest BCUT2D eigenvalue weighted by Gasteiger charge is -2.05. The van der Waals surface area contributed by atoms with Gasteiger partial charge < -0.3 is 10.1 Å². The number of rotatable bonds is 5. The van der Waals surface area contributed by atoms with E-state index in [-0.39, 0.29) is 5.91 Å². The van der Waals surface area contributed by atoms with Gasteiger partial charge >= 0.3 is 5.97 Å². The molecule has 0 saturated heterocycles. The van der Waals surface area contributed by atoms with E-state index in [1.165, 1.54) is 13.2 Å². The van der Waals surface area contributed by atoms with Gasteiger partial charge in [-0.2, -0.15) is 5.10 Å². The van der Waals surface area contributed by atoms with E-state index in [2.05, 4.69) is 25.2 Å². The lowest BCUT2D eigenvalue weighted by molar-refractivity contribution is -0.111. The number of carbonyl (C=O) groups is 2. The number of methoxy groups -OCH3 is 1. The first-order chi connectivity index (χ1) is 12.7. The maximum absolute atomic E-state index is 12.2. The minimum Gasteiger partial charge on any atom is -0.465 e. The van der Waals surface area contributed by atoms with Crippen LogP contribution in [0.5, 0.6) is 0 Å². The summed E-state index contributed by atoms with van der Waals surface area (Å²) in [5.74, 6) is -0.786. The van der Waals surface area contributed by atoms with Gasteiger partial charge in [0.15, 0.2) is 0 Å². The fourth-order valence-electron chi connectivity index (χ4n) is 2.39. The van der Waals surface area contributed by atoms with Crippen LogP contribution in [0.25, 0.3) is 17.2 Å². The maximum Gasteiger partial charge on any atom is 0.337 e. The van der Waals surface area contributed by atoms with Crippen LogP contribution >= 0.6 is 0 Å². The number of anilines is 1. The summed E-state index contributed by atoms with van der Waals surface area (Å²) in [6.07, 6.45) is 9.90. The molecule has 130 valence electrons. The predicted molar refractivity (Wildman–Crippen MR) is 97.3 cm³/mol. The fourth-order valence-corrected chi connectivity index (χ4v) is 2.39. The Morgan fingerprint density at radius 3 is 2.88 bits per heavy atom. The van der Waals surface area contributed by atoms with E-state index in [0.29, 0.717) is 11.3 Å². The highest BCUT2D eigenvalue weighted by molar-refractivity contribution is 6.03. The van der Waals surface area contributed by atoms with Crippen molar-refractivity contribution >= 4 is 23.6 Å². The van der Waals surface area contributed by atoms with Gasteiger partial charge in [0.2, 0.25) is 5.91 Å². The lowest BCUT2D eigenvalue weighted by Crippen LogP contribution is -2.09. The molecule has 2 heterocycles. The van der Waals surface area contributed by atoms with E-state index < -0.39 is 5.97 Å². The third-order valence-electron chi connectivity index (χ3n) is 3.63. The topological polar surface area (TPSA) is 97.0 Å². The van der Waals surface area contributed by atoms with Crippen LogP contribution in [0.4, 0.5) is 5.69 Å². The van der Waals surface area contributed by atoms with Crippen LogP contribution in [0.1, 0.15) is 15.9 Å². The molecule has 7 nitrogen and oxygen atoms in total. The number of carbonyl (C=O) groups excluding carboxylic acids is 2. The van der Waals surface area contributed by atoms with Crippen LogP contribution < -0.4 is 5.32 Å². The van der Waals surface area contributed by atoms with Crippen molar-refractivity contribution in [1.82, 2.24) is 15.2 Å². The second-order valence-corrected chi connectivity index (χ2v) is 5.34. The summed E-state index contributed by atoms with van der Waals surface area (Å²) in [5.41, 5.74) is 3.46. The first-order valence-corrected chi connectivity index (χ1v) is 7.78. The van der Waals surface area contributed by atoms with Crippen LogP contribution in [0.2, 0.25) is 0 Å². The molecule has 3 aromatic rings. The highest BCUT2D eigenvalue weighted by Crippen LogP contribution is 2.22. The molecule has 0 atom stereocenters. The van der Waals surface area contributed by atoms with Crippen molar-refractivity contribution in [3.8, 4) is 11.1 Å². The summed E-state index contributed by atoms with van der Waals surface area (Å²) in [4.78, 5) is 27.8. The summed E-state index contributed by atoms with van der Waals surface area (Å²) in [6.45, 7) is 0. The van der Waals surface area contributed by atoms with Gasteiger partial charge in [0.1, 0.15) is 0 Å². The van der Waals surface area contributed by atoms with E-state index in [1.807, 2.05) is 6.07 Å². The normalized spacial score (nSPS) is 10.7. The monoisotopic (exact) mass is 348 g/mol. The number of pyridine rings is 1. The van der Waals surface area contributed by atoms with Crippen molar-refractivity contribution in [1.29, 1.82) is 0 Å². The number of amides is 1. The average molecular weight is 348 g/mol. The van der Waals surface area contributed by atoms with E-state index in [1.54, 1.807) is 55.1 Å². The largest absolute Gasteiger partial charge is 0.465 e. The van der Waals surface area contributed by atoms with Crippen LogP contribution in [0, 0.1) is 0 Å². The SMILES string of the molecule is COC(=O)c1cccc(NC(=O)/C=C/c2cnccc2-c2cn[nH]c2)c1. The van der Waals surface area contributed by atoms with Gasteiger partial charge in [0.05, 0.1) is 18.9 Å². The van der Waals surface area contributed by atoms with Crippen LogP contribution in [0.15, 0.2) is 61.2 Å². The van der Waals surface area contributed by atoms with Gasteiger partial charge in [-0.1, -0.05) is 6.07 Å². The number of H-pyrrole nitrogens is 1. The zero-order valence-electron chi connectivity index (χ0n) is 14.0. The van der Waals surface area contributed by atoms with E-state index in [9.17, 15) is 9.59 Å². The fraction of sp³-hybridized carbons (Fsp3) is 0.0526. The van der Waals surface area contributed by atoms with Crippen molar-refractivity contribution in [2.75, 3.05) is 12.4 Å². The molecule has 0 aliphatic rings. The minimum absolute atomic E-state index is 0.325. The third kappa shape index (κ3) is 4.02. The van der Waals surface area contributed by atoms with Gasteiger partial charge in [-0.15, -0.1) is 0 Å². The Bertz CT molecular complexity index is 949. The lowest BCUT2D eigenvalue weighted by atomic mass is 10.0. The molecule has 26 heavy (non-hydrogen) atoms. The summed E-state index contributed by atoms with van der Waals surface area (Å²) in [5, 5.41) is 9.41. The molecule has 0 aliphatic carbocycles. The van der Waals surface area contributed by atoms with Crippen LogP contribution in [0.3, 0.4) is 0 Å². The minimum atomic E-state index is -0.461. The number of hydrogen-bond acceptors (Lipinski definition) is 5. The number of aromatic nitrogens is 3. The van der Waals surface area contributed by atoms with E-state index in [0.717, 1.165) is 16.7 Å². The van der Waals surface area contributed by atoms with Gasteiger partial charge in [-0.05, 0) is 35.9 Å². The number of nitrogens with one attached hydrogen (secondary N) is 2. The van der Waals surface area contributed by atoms with Gasteiger partial charge in [-0.3, -0.25) is 14.9 Å². The number of esters is 1. The first kappa shape index (κ1) is 17.1. The molecule has 1 aromatic carbocycles. The molecule has 0 radical (unpaired) electrons. The Hall–Kier alpha value is -3.74. The summed E-state index contributed by atoms with van der Waals surface area (Å²) in [6, 6.07) is 8.38. The number of ether oxygens (including phenoxy) is 1. The standard InChI is InChI=1S/C19H16N4O3/c1-26-19(25)13-3-2-4-16(9-13)23-18(24)6-5-14-10-20-8-7-17(14)15-11-21-22-12-15/h2-12H,1H3,(H,21,22)(H,23,24)/b6-5+. The molecule has 0 saturated carbocycles. The van der Waals surface area contributed by atoms with Crippen LogP contribution in [-0.4, -0.2) is 34.2 Å². The predicted octanol–water partition coefficient (Wildman–Crippen LogP) is 2.91. The van der Waals surface area contributed by atoms with Crippen LogP contribution in [-0.2, 0) is 9.53 Å². The zero-order chi connectivity index (χ0) is 18.4. The molecule has 0 aliphatic heterocycles. The molecular weight excluding hydrogens is 332 g/mol. The molecular formula is C19H16N4O3. The van der Waals surface area contributed by atoms with Gasteiger partial charge in [-0.25, -0.2) is 4.79 Å².